The van der Waals surface area contributed by atoms with E-state index >= 15 is 0 Å². The number of hydrogen-bond acceptors (Lipinski definition) is 3. The number of aryl methyl sites for hydroxylation is 1. The van der Waals surface area contributed by atoms with Crippen LogP contribution in [0.5, 0.6) is 0 Å². The van der Waals surface area contributed by atoms with Crippen LogP contribution in [0, 0.1) is 6.92 Å². The Morgan fingerprint density at radius 2 is 2.19 bits per heavy atom. The highest BCUT2D eigenvalue weighted by Crippen LogP contribution is 2.21. The molecule has 88 valence electrons. The van der Waals surface area contributed by atoms with Gasteiger partial charge in [-0.15, -0.1) is 11.8 Å². The SMILES string of the molecule is Cc1ccccc1SCC(=O)NCCCO. The van der Waals surface area contributed by atoms with Crippen molar-refractivity contribution in [3.63, 3.8) is 0 Å². The number of carbonyl (C=O) groups excluding carboxylic acids is 1. The molecule has 4 heteroatoms. The molecule has 1 rings (SSSR count). The maximum atomic E-state index is 11.4. The summed E-state index contributed by atoms with van der Waals surface area (Å²) in [5.74, 6) is 0.442. The predicted octanol–water partition coefficient (Wildman–Crippen LogP) is 1.59. The third-order valence-corrected chi connectivity index (χ3v) is 3.29. The number of thioether (sulfide) groups is 1. The van der Waals surface area contributed by atoms with E-state index in [1.165, 1.54) is 17.3 Å². The molecule has 0 saturated carbocycles. The summed E-state index contributed by atoms with van der Waals surface area (Å²) in [6.45, 7) is 2.70. The standard InChI is InChI=1S/C12H17NO2S/c1-10-5-2-3-6-11(10)16-9-12(15)13-7-4-8-14/h2-3,5-6,14H,4,7-9H2,1H3,(H,13,15). The van der Waals surface area contributed by atoms with Gasteiger partial charge in [0.1, 0.15) is 0 Å². The minimum Gasteiger partial charge on any atom is -0.396 e. The van der Waals surface area contributed by atoms with Gasteiger partial charge in [0, 0.05) is 18.0 Å². The van der Waals surface area contributed by atoms with E-state index in [-0.39, 0.29) is 12.5 Å². The fourth-order valence-electron chi connectivity index (χ4n) is 1.22. The first-order chi connectivity index (χ1) is 7.74. The Balaban J connectivity index is 2.29. The molecule has 0 unspecified atom stereocenters. The van der Waals surface area contributed by atoms with Crippen molar-refractivity contribution in [2.24, 2.45) is 0 Å². The van der Waals surface area contributed by atoms with Crippen molar-refractivity contribution in [3.8, 4) is 0 Å². The number of nitrogens with one attached hydrogen (secondary N) is 1. The Labute approximate surface area is 100 Å². The Hall–Kier alpha value is -1.00. The molecule has 0 saturated heterocycles. The molecule has 0 aliphatic carbocycles. The maximum absolute atomic E-state index is 11.4. The van der Waals surface area contributed by atoms with E-state index in [2.05, 4.69) is 5.32 Å². The van der Waals surface area contributed by atoms with Gasteiger partial charge in [-0.1, -0.05) is 18.2 Å². The van der Waals surface area contributed by atoms with Gasteiger partial charge in [-0.2, -0.15) is 0 Å². The molecular weight excluding hydrogens is 222 g/mol. The first-order valence-electron chi connectivity index (χ1n) is 5.30. The Bertz CT molecular complexity index is 342. The highest BCUT2D eigenvalue weighted by molar-refractivity contribution is 8.00. The molecule has 0 atom stereocenters. The van der Waals surface area contributed by atoms with Gasteiger partial charge in [-0.05, 0) is 25.0 Å². The first kappa shape index (κ1) is 13.1. The van der Waals surface area contributed by atoms with Crippen molar-refractivity contribution in [1.82, 2.24) is 5.32 Å². The van der Waals surface area contributed by atoms with Crippen LogP contribution in [-0.2, 0) is 4.79 Å². The second-order valence-electron chi connectivity index (χ2n) is 3.48. The van der Waals surface area contributed by atoms with E-state index in [4.69, 9.17) is 5.11 Å². The van der Waals surface area contributed by atoms with E-state index in [1.807, 2.05) is 31.2 Å². The number of aliphatic hydroxyl groups excluding tert-OH is 1. The molecule has 0 radical (unpaired) electrons. The molecule has 1 aromatic rings. The normalized spacial score (nSPS) is 10.1. The Morgan fingerprint density at radius 3 is 2.88 bits per heavy atom. The average Bonchev–Trinajstić information content (AvgIpc) is 2.28. The summed E-state index contributed by atoms with van der Waals surface area (Å²) in [4.78, 5) is 12.5. The predicted molar refractivity (Wildman–Crippen MR) is 66.6 cm³/mol. The van der Waals surface area contributed by atoms with Crippen LogP contribution in [0.4, 0.5) is 0 Å². The summed E-state index contributed by atoms with van der Waals surface area (Å²) in [5, 5.41) is 11.3. The molecule has 1 aromatic carbocycles. The van der Waals surface area contributed by atoms with Gasteiger partial charge in [0.15, 0.2) is 0 Å². The van der Waals surface area contributed by atoms with Crippen molar-refractivity contribution in [2.45, 2.75) is 18.2 Å². The number of carbonyl (C=O) groups is 1. The third-order valence-electron chi connectivity index (χ3n) is 2.11. The molecule has 0 aliphatic heterocycles. The lowest BCUT2D eigenvalue weighted by Crippen LogP contribution is -2.26. The van der Waals surface area contributed by atoms with Crippen LogP contribution in [0.25, 0.3) is 0 Å². The second kappa shape index (κ2) is 7.30. The molecular formula is C12H17NO2S. The largest absolute Gasteiger partial charge is 0.396 e. The number of rotatable bonds is 6. The highest BCUT2D eigenvalue weighted by atomic mass is 32.2. The topological polar surface area (TPSA) is 49.3 Å². The lowest BCUT2D eigenvalue weighted by atomic mass is 10.2. The molecule has 0 bridgehead atoms. The minimum absolute atomic E-state index is 0.0155. The molecule has 0 fully saturated rings. The van der Waals surface area contributed by atoms with Crippen LogP contribution in [-0.4, -0.2) is 29.9 Å². The van der Waals surface area contributed by atoms with Crippen LogP contribution in [0.1, 0.15) is 12.0 Å². The number of aliphatic hydroxyl groups is 1. The van der Waals surface area contributed by atoms with Gasteiger partial charge >= 0.3 is 0 Å². The summed E-state index contributed by atoms with van der Waals surface area (Å²) in [7, 11) is 0. The van der Waals surface area contributed by atoms with Crippen molar-refractivity contribution in [1.29, 1.82) is 0 Å². The van der Waals surface area contributed by atoms with Gasteiger partial charge in [-0.3, -0.25) is 4.79 Å². The molecule has 0 aromatic heterocycles. The van der Waals surface area contributed by atoms with E-state index in [0.29, 0.717) is 18.7 Å². The molecule has 0 heterocycles. The molecule has 0 aliphatic rings. The van der Waals surface area contributed by atoms with Crippen LogP contribution < -0.4 is 5.32 Å². The van der Waals surface area contributed by atoms with Crippen molar-refractivity contribution in [2.75, 3.05) is 18.9 Å². The van der Waals surface area contributed by atoms with Crippen molar-refractivity contribution >= 4 is 17.7 Å². The lowest BCUT2D eigenvalue weighted by Gasteiger charge is -2.05. The van der Waals surface area contributed by atoms with Crippen LogP contribution >= 0.6 is 11.8 Å². The van der Waals surface area contributed by atoms with Crippen LogP contribution in [0.15, 0.2) is 29.2 Å². The molecule has 16 heavy (non-hydrogen) atoms. The quantitative estimate of drug-likeness (QED) is 0.585. The minimum atomic E-state index is 0.0155. The van der Waals surface area contributed by atoms with Crippen LogP contribution in [0.2, 0.25) is 0 Å². The van der Waals surface area contributed by atoms with E-state index in [9.17, 15) is 4.79 Å². The maximum Gasteiger partial charge on any atom is 0.230 e. The summed E-state index contributed by atoms with van der Waals surface area (Å²) in [5.41, 5.74) is 1.19. The summed E-state index contributed by atoms with van der Waals surface area (Å²) >= 11 is 1.54. The third kappa shape index (κ3) is 4.68. The molecule has 2 N–H and O–H groups in total. The fourth-order valence-corrected chi connectivity index (χ4v) is 2.08. The average molecular weight is 239 g/mol. The van der Waals surface area contributed by atoms with Crippen molar-refractivity contribution in [3.05, 3.63) is 29.8 Å². The Morgan fingerprint density at radius 1 is 1.44 bits per heavy atom. The van der Waals surface area contributed by atoms with E-state index in [0.717, 1.165) is 4.90 Å². The second-order valence-corrected chi connectivity index (χ2v) is 4.50. The molecule has 3 nitrogen and oxygen atoms in total. The van der Waals surface area contributed by atoms with Gasteiger partial charge < -0.3 is 10.4 Å². The number of amides is 1. The highest BCUT2D eigenvalue weighted by Gasteiger charge is 2.03. The zero-order valence-electron chi connectivity index (χ0n) is 9.40. The Kier molecular flexibility index (Phi) is 5.96. The monoisotopic (exact) mass is 239 g/mol. The van der Waals surface area contributed by atoms with Crippen molar-refractivity contribution < 1.29 is 9.90 Å². The lowest BCUT2D eigenvalue weighted by molar-refractivity contribution is -0.118. The van der Waals surface area contributed by atoms with Gasteiger partial charge in [0.2, 0.25) is 5.91 Å². The smallest absolute Gasteiger partial charge is 0.230 e. The molecule has 0 spiro atoms. The van der Waals surface area contributed by atoms with E-state index < -0.39 is 0 Å². The number of hydrogen-bond donors (Lipinski definition) is 2. The number of benzene rings is 1. The summed E-state index contributed by atoms with van der Waals surface area (Å²) in [6.07, 6.45) is 0.612. The summed E-state index contributed by atoms with van der Waals surface area (Å²) < 4.78 is 0. The van der Waals surface area contributed by atoms with E-state index in [1.54, 1.807) is 0 Å². The zero-order valence-corrected chi connectivity index (χ0v) is 10.2. The first-order valence-corrected chi connectivity index (χ1v) is 6.28. The fraction of sp³-hybridized carbons (Fsp3) is 0.417. The van der Waals surface area contributed by atoms with Crippen LogP contribution in [0.3, 0.4) is 0 Å². The van der Waals surface area contributed by atoms with Gasteiger partial charge in [0.25, 0.3) is 0 Å². The van der Waals surface area contributed by atoms with Gasteiger partial charge in [-0.25, -0.2) is 0 Å². The van der Waals surface area contributed by atoms with Gasteiger partial charge in [0.05, 0.1) is 5.75 Å². The molecule has 1 amide bonds. The zero-order chi connectivity index (χ0) is 11.8. The summed E-state index contributed by atoms with van der Waals surface area (Å²) in [6, 6.07) is 8.01.